The first kappa shape index (κ1) is 14.5. The Morgan fingerprint density at radius 3 is 2.76 bits per heavy atom. The Balaban J connectivity index is 1.79. The summed E-state index contributed by atoms with van der Waals surface area (Å²) in [7, 11) is 0. The van der Waals surface area contributed by atoms with Crippen LogP contribution in [-0.2, 0) is 4.74 Å². The maximum Gasteiger partial charge on any atom is 0.414 e. The minimum atomic E-state index is -0.466. The number of nitrogens with two attached hydrogens (primary N) is 1. The topological polar surface area (TPSA) is 58.8 Å². The minimum absolute atomic E-state index is 0.272. The number of hydrogen-bond donors (Lipinski definition) is 1. The number of thioether (sulfide) groups is 1. The average Bonchev–Trinajstić information content (AvgIpc) is 2.89. The summed E-state index contributed by atoms with van der Waals surface area (Å²) in [5, 5.41) is 0. The summed E-state index contributed by atoms with van der Waals surface area (Å²) in [6.45, 7) is 2.34. The molecule has 114 valence electrons. The molecule has 0 radical (unpaired) electrons. The van der Waals surface area contributed by atoms with E-state index in [2.05, 4.69) is 0 Å². The number of amides is 1. The molecule has 2 heterocycles. The van der Waals surface area contributed by atoms with E-state index in [0.717, 1.165) is 24.6 Å². The number of cyclic esters (lactones) is 1. The van der Waals surface area contributed by atoms with Gasteiger partial charge in [-0.05, 0) is 18.2 Å². The molecule has 0 saturated carbocycles. The third-order valence-electron chi connectivity index (χ3n) is 3.73. The van der Waals surface area contributed by atoms with Crippen LogP contribution in [0.3, 0.4) is 0 Å². The SMILES string of the molecule is NC[C@@H]1CN(c2ccc(N3CCSCC3)c(F)c2)C(=O)O1. The van der Waals surface area contributed by atoms with E-state index in [1.54, 1.807) is 12.1 Å². The molecule has 2 fully saturated rings. The molecule has 1 aromatic rings. The van der Waals surface area contributed by atoms with E-state index in [4.69, 9.17) is 10.5 Å². The fourth-order valence-electron chi connectivity index (χ4n) is 2.58. The molecule has 5 nitrogen and oxygen atoms in total. The van der Waals surface area contributed by atoms with Crippen molar-refractivity contribution in [1.82, 2.24) is 0 Å². The number of halogens is 1. The first-order valence-corrected chi connectivity index (χ1v) is 8.15. The van der Waals surface area contributed by atoms with Gasteiger partial charge in [0, 0.05) is 31.1 Å². The highest BCUT2D eigenvalue weighted by atomic mass is 32.2. The first-order valence-electron chi connectivity index (χ1n) is 6.99. The van der Waals surface area contributed by atoms with Gasteiger partial charge in [-0.2, -0.15) is 11.8 Å². The zero-order valence-corrected chi connectivity index (χ0v) is 12.4. The molecule has 0 aromatic heterocycles. The van der Waals surface area contributed by atoms with Gasteiger partial charge in [-0.25, -0.2) is 9.18 Å². The van der Waals surface area contributed by atoms with Crippen molar-refractivity contribution >= 4 is 29.2 Å². The van der Waals surface area contributed by atoms with E-state index in [-0.39, 0.29) is 18.5 Å². The van der Waals surface area contributed by atoms with E-state index in [1.807, 2.05) is 16.7 Å². The zero-order valence-electron chi connectivity index (χ0n) is 11.6. The van der Waals surface area contributed by atoms with Gasteiger partial charge >= 0.3 is 6.09 Å². The molecule has 21 heavy (non-hydrogen) atoms. The number of carbonyl (C=O) groups excluding carboxylic acids is 1. The smallest absolute Gasteiger partial charge is 0.414 e. The maximum absolute atomic E-state index is 14.3. The Kier molecular flexibility index (Phi) is 4.21. The standard InChI is InChI=1S/C14H18FN3O2S/c15-12-7-10(18-9-11(8-16)20-14(18)19)1-2-13(12)17-3-5-21-6-4-17/h1-2,7,11H,3-6,8-9,16H2/t11-/m1/s1. The molecule has 2 aliphatic heterocycles. The monoisotopic (exact) mass is 311 g/mol. The number of anilines is 2. The van der Waals surface area contributed by atoms with Gasteiger partial charge in [-0.3, -0.25) is 4.90 Å². The van der Waals surface area contributed by atoms with Gasteiger partial charge in [-0.15, -0.1) is 0 Å². The Labute approximate surface area is 127 Å². The van der Waals surface area contributed by atoms with Gasteiger partial charge in [0.1, 0.15) is 11.9 Å². The van der Waals surface area contributed by atoms with Crippen LogP contribution < -0.4 is 15.5 Å². The molecule has 2 N–H and O–H groups in total. The lowest BCUT2D eigenvalue weighted by atomic mass is 10.2. The Hall–Kier alpha value is -1.47. The largest absolute Gasteiger partial charge is 0.443 e. The molecular formula is C14H18FN3O2S. The van der Waals surface area contributed by atoms with Gasteiger partial charge in [0.15, 0.2) is 0 Å². The summed E-state index contributed by atoms with van der Waals surface area (Å²) < 4.78 is 19.4. The highest BCUT2D eigenvalue weighted by Crippen LogP contribution is 2.29. The molecular weight excluding hydrogens is 293 g/mol. The summed E-state index contributed by atoms with van der Waals surface area (Å²) in [4.78, 5) is 15.2. The van der Waals surface area contributed by atoms with Crippen LogP contribution in [0.15, 0.2) is 18.2 Å². The molecule has 2 saturated heterocycles. The molecule has 0 spiro atoms. The Morgan fingerprint density at radius 1 is 1.38 bits per heavy atom. The average molecular weight is 311 g/mol. The number of hydrogen-bond acceptors (Lipinski definition) is 5. The number of benzene rings is 1. The molecule has 1 atom stereocenters. The minimum Gasteiger partial charge on any atom is -0.443 e. The van der Waals surface area contributed by atoms with Crippen LogP contribution in [0.2, 0.25) is 0 Å². The summed E-state index contributed by atoms with van der Waals surface area (Å²) in [6, 6.07) is 4.90. The second kappa shape index (κ2) is 6.11. The van der Waals surface area contributed by atoms with Crippen molar-refractivity contribution in [3.8, 4) is 0 Å². The highest BCUT2D eigenvalue weighted by Gasteiger charge is 2.32. The number of rotatable bonds is 3. The van der Waals surface area contributed by atoms with Crippen molar-refractivity contribution < 1.29 is 13.9 Å². The number of ether oxygens (including phenoxy) is 1. The van der Waals surface area contributed by atoms with Gasteiger partial charge in [0.25, 0.3) is 0 Å². The quantitative estimate of drug-likeness (QED) is 0.920. The van der Waals surface area contributed by atoms with Crippen LogP contribution in [0.1, 0.15) is 0 Å². The predicted octanol–water partition coefficient (Wildman–Crippen LogP) is 1.66. The molecule has 0 unspecified atom stereocenters. The van der Waals surface area contributed by atoms with Crippen LogP contribution in [0.25, 0.3) is 0 Å². The third kappa shape index (κ3) is 2.94. The van der Waals surface area contributed by atoms with Crippen molar-refractivity contribution in [2.75, 3.05) is 47.5 Å². The number of carbonyl (C=O) groups is 1. The summed E-state index contributed by atoms with van der Waals surface area (Å²) in [5.41, 5.74) is 6.62. The van der Waals surface area contributed by atoms with Gasteiger partial charge in [-0.1, -0.05) is 0 Å². The lowest BCUT2D eigenvalue weighted by Gasteiger charge is -2.29. The van der Waals surface area contributed by atoms with Crippen molar-refractivity contribution in [2.45, 2.75) is 6.10 Å². The number of nitrogens with zero attached hydrogens (tertiary/aromatic N) is 2. The van der Waals surface area contributed by atoms with Crippen LogP contribution in [0.5, 0.6) is 0 Å². The molecule has 1 aromatic carbocycles. The second-order valence-electron chi connectivity index (χ2n) is 5.09. The molecule has 0 aliphatic carbocycles. The molecule has 2 aliphatic rings. The fourth-order valence-corrected chi connectivity index (χ4v) is 3.48. The van der Waals surface area contributed by atoms with Crippen molar-refractivity contribution in [1.29, 1.82) is 0 Å². The Bertz CT molecular complexity index is 537. The lowest BCUT2D eigenvalue weighted by molar-refractivity contribution is 0.145. The third-order valence-corrected chi connectivity index (χ3v) is 4.67. The van der Waals surface area contributed by atoms with Crippen molar-refractivity contribution in [2.24, 2.45) is 5.73 Å². The molecule has 1 amide bonds. The Morgan fingerprint density at radius 2 is 2.14 bits per heavy atom. The first-order chi connectivity index (χ1) is 10.2. The molecule has 7 heteroatoms. The van der Waals surface area contributed by atoms with Crippen LogP contribution in [0, 0.1) is 5.82 Å². The van der Waals surface area contributed by atoms with Crippen LogP contribution >= 0.6 is 11.8 Å². The van der Waals surface area contributed by atoms with Crippen molar-refractivity contribution in [3.05, 3.63) is 24.0 Å². The summed E-state index contributed by atoms with van der Waals surface area (Å²) in [5.74, 6) is 1.72. The molecule has 0 bridgehead atoms. The summed E-state index contributed by atoms with van der Waals surface area (Å²) >= 11 is 1.88. The highest BCUT2D eigenvalue weighted by molar-refractivity contribution is 7.99. The normalized spacial score (nSPS) is 22.6. The lowest BCUT2D eigenvalue weighted by Crippen LogP contribution is -2.33. The van der Waals surface area contributed by atoms with Crippen molar-refractivity contribution in [3.63, 3.8) is 0 Å². The summed E-state index contributed by atoms with van der Waals surface area (Å²) in [6.07, 6.45) is -0.786. The maximum atomic E-state index is 14.3. The van der Waals surface area contributed by atoms with E-state index < -0.39 is 6.09 Å². The van der Waals surface area contributed by atoms with Gasteiger partial charge < -0.3 is 15.4 Å². The predicted molar refractivity (Wildman–Crippen MR) is 82.6 cm³/mol. The van der Waals surface area contributed by atoms with E-state index >= 15 is 0 Å². The fraction of sp³-hybridized carbons (Fsp3) is 0.500. The van der Waals surface area contributed by atoms with Crippen LogP contribution in [-0.4, -0.2) is 49.9 Å². The van der Waals surface area contributed by atoms with E-state index in [0.29, 0.717) is 17.9 Å². The zero-order chi connectivity index (χ0) is 14.8. The second-order valence-corrected chi connectivity index (χ2v) is 6.31. The van der Waals surface area contributed by atoms with Gasteiger partial charge in [0.2, 0.25) is 0 Å². The van der Waals surface area contributed by atoms with Crippen LogP contribution in [0.4, 0.5) is 20.6 Å². The van der Waals surface area contributed by atoms with E-state index in [9.17, 15) is 9.18 Å². The molecule has 3 rings (SSSR count). The van der Waals surface area contributed by atoms with Gasteiger partial charge in [0.05, 0.1) is 17.9 Å². The van der Waals surface area contributed by atoms with E-state index in [1.165, 1.54) is 11.0 Å².